The summed E-state index contributed by atoms with van der Waals surface area (Å²) in [5.74, 6) is -0.482. The number of hydrogen-bond donors (Lipinski definition) is 4. The highest BCUT2D eigenvalue weighted by Crippen LogP contribution is 2.18. The Kier molecular flexibility index (Phi) is 5.73. The molecule has 4 N–H and O–H groups in total. The van der Waals surface area contributed by atoms with E-state index in [-0.39, 0.29) is 18.8 Å². The van der Waals surface area contributed by atoms with Crippen LogP contribution in [0.25, 0.3) is 0 Å². The second-order valence-corrected chi connectivity index (χ2v) is 6.79. The molecule has 2 aromatic rings. The molecule has 2 aromatic heterocycles. The topological polar surface area (TPSA) is 147 Å². The second kappa shape index (κ2) is 8.05. The van der Waals surface area contributed by atoms with Crippen LogP contribution in [0.5, 0.6) is 0 Å². The van der Waals surface area contributed by atoms with Gasteiger partial charge in [-0.15, -0.1) is 0 Å². The highest BCUT2D eigenvalue weighted by molar-refractivity contribution is 5.93. The van der Waals surface area contributed by atoms with Crippen molar-refractivity contribution in [3.05, 3.63) is 62.2 Å². The molecule has 0 spiro atoms. The number of ether oxygens (including phenoxy) is 1. The van der Waals surface area contributed by atoms with Gasteiger partial charge in [0, 0.05) is 18.0 Å². The van der Waals surface area contributed by atoms with Crippen molar-refractivity contribution in [2.45, 2.75) is 44.7 Å². The summed E-state index contributed by atoms with van der Waals surface area (Å²) >= 11 is 0. The molecule has 10 heteroatoms. The summed E-state index contributed by atoms with van der Waals surface area (Å²) in [4.78, 5) is 41.8. The molecular formula is C18H22N4O6. The van der Waals surface area contributed by atoms with Crippen LogP contribution in [0.4, 0.5) is 0 Å². The van der Waals surface area contributed by atoms with Gasteiger partial charge in [0.25, 0.3) is 11.5 Å². The lowest BCUT2D eigenvalue weighted by molar-refractivity contribution is -0.152. The average molecular weight is 390 g/mol. The minimum Gasteiger partial charge on any atom is -0.388 e. The van der Waals surface area contributed by atoms with Crippen molar-refractivity contribution in [3.63, 3.8) is 0 Å². The molecule has 4 atom stereocenters. The fraction of sp³-hybridized carbons (Fsp3) is 0.444. The maximum absolute atomic E-state index is 12.4. The molecule has 0 radical (unpaired) electrons. The SMILES string of the molecule is Cc1cccnc1C(=O)N[C@@H]1CO[C@H](Cn2c(C)cc(=O)[nH]c2=O)[C@@H](O)[C@H]1O. The number of aromatic nitrogens is 3. The molecule has 1 amide bonds. The highest BCUT2D eigenvalue weighted by atomic mass is 16.5. The molecule has 0 aromatic carbocycles. The van der Waals surface area contributed by atoms with E-state index in [1.54, 1.807) is 26.0 Å². The van der Waals surface area contributed by atoms with E-state index in [2.05, 4.69) is 15.3 Å². The molecule has 0 saturated carbocycles. The van der Waals surface area contributed by atoms with E-state index < -0.39 is 41.5 Å². The maximum atomic E-state index is 12.4. The molecule has 3 heterocycles. The minimum absolute atomic E-state index is 0.0559. The summed E-state index contributed by atoms with van der Waals surface area (Å²) in [5, 5.41) is 23.5. The number of nitrogens with one attached hydrogen (secondary N) is 2. The first-order chi connectivity index (χ1) is 13.3. The van der Waals surface area contributed by atoms with Crippen LogP contribution in [0.3, 0.4) is 0 Å². The first kappa shape index (κ1) is 19.9. The van der Waals surface area contributed by atoms with Gasteiger partial charge in [0.2, 0.25) is 0 Å². The van der Waals surface area contributed by atoms with Crippen LogP contribution >= 0.6 is 0 Å². The zero-order valence-electron chi connectivity index (χ0n) is 15.5. The number of aliphatic hydroxyl groups excluding tert-OH is 2. The van der Waals surface area contributed by atoms with Gasteiger partial charge in [-0.3, -0.25) is 24.1 Å². The van der Waals surface area contributed by atoms with Gasteiger partial charge in [-0.1, -0.05) is 6.07 Å². The third-order valence-corrected chi connectivity index (χ3v) is 4.78. The van der Waals surface area contributed by atoms with Crippen molar-refractivity contribution in [2.75, 3.05) is 6.61 Å². The lowest BCUT2D eigenvalue weighted by Gasteiger charge is -2.38. The van der Waals surface area contributed by atoms with Gasteiger partial charge in [-0.25, -0.2) is 4.79 Å². The molecule has 28 heavy (non-hydrogen) atoms. The predicted molar refractivity (Wildman–Crippen MR) is 98.0 cm³/mol. The summed E-state index contributed by atoms with van der Waals surface area (Å²) in [6, 6.07) is 3.86. The number of carbonyl (C=O) groups is 1. The lowest BCUT2D eigenvalue weighted by atomic mass is 9.97. The number of nitrogens with zero attached hydrogens (tertiary/aromatic N) is 2. The number of H-pyrrole nitrogens is 1. The van der Waals surface area contributed by atoms with E-state index in [0.29, 0.717) is 11.3 Å². The van der Waals surface area contributed by atoms with E-state index in [1.807, 2.05) is 0 Å². The van der Waals surface area contributed by atoms with E-state index in [1.165, 1.54) is 16.8 Å². The summed E-state index contributed by atoms with van der Waals surface area (Å²) < 4.78 is 6.84. The van der Waals surface area contributed by atoms with Crippen molar-refractivity contribution in [1.29, 1.82) is 0 Å². The fourth-order valence-corrected chi connectivity index (χ4v) is 3.17. The smallest absolute Gasteiger partial charge is 0.328 e. The molecule has 0 bridgehead atoms. The zero-order valence-corrected chi connectivity index (χ0v) is 15.5. The number of aromatic amines is 1. The Bertz CT molecular complexity index is 985. The van der Waals surface area contributed by atoms with Gasteiger partial charge in [0.1, 0.15) is 24.0 Å². The summed E-state index contributed by atoms with van der Waals surface area (Å²) in [5.41, 5.74) is 0.159. The fourth-order valence-electron chi connectivity index (χ4n) is 3.17. The van der Waals surface area contributed by atoms with Crippen molar-refractivity contribution in [1.82, 2.24) is 19.9 Å². The summed E-state index contributed by atoms with van der Waals surface area (Å²) in [7, 11) is 0. The zero-order chi connectivity index (χ0) is 20.4. The molecular weight excluding hydrogens is 368 g/mol. The molecule has 150 valence electrons. The van der Waals surface area contributed by atoms with Gasteiger partial charge in [-0.05, 0) is 25.5 Å². The Morgan fingerprint density at radius 1 is 1.36 bits per heavy atom. The van der Waals surface area contributed by atoms with E-state index in [0.717, 1.165) is 0 Å². The van der Waals surface area contributed by atoms with Crippen LogP contribution in [-0.4, -0.2) is 61.6 Å². The standard InChI is InChI=1S/C18H22N4O6/c1-9-4-3-5-19-14(9)17(26)20-11-8-28-12(16(25)15(11)24)7-22-10(2)6-13(23)21-18(22)27/h3-6,11-12,15-16,24-25H,7-8H2,1-2H3,(H,20,26)(H,21,23,27)/t11-,12-,15+,16-/m1/s1. The van der Waals surface area contributed by atoms with Crippen molar-refractivity contribution in [3.8, 4) is 0 Å². The Hall–Kier alpha value is -2.82. The number of hydrogen-bond acceptors (Lipinski definition) is 7. The molecule has 0 aliphatic carbocycles. The number of carbonyl (C=O) groups excluding carboxylic acids is 1. The van der Waals surface area contributed by atoms with Gasteiger partial charge in [0.05, 0.1) is 19.2 Å². The Morgan fingerprint density at radius 2 is 2.11 bits per heavy atom. The number of aliphatic hydroxyl groups is 2. The van der Waals surface area contributed by atoms with Gasteiger partial charge >= 0.3 is 5.69 Å². The quantitative estimate of drug-likeness (QED) is 0.495. The molecule has 1 aliphatic rings. The van der Waals surface area contributed by atoms with E-state index in [9.17, 15) is 24.6 Å². The van der Waals surface area contributed by atoms with Crippen molar-refractivity contribution < 1.29 is 19.7 Å². The Balaban J connectivity index is 1.69. The third kappa shape index (κ3) is 4.03. The summed E-state index contributed by atoms with van der Waals surface area (Å²) in [6.45, 7) is 3.21. The van der Waals surface area contributed by atoms with Crippen LogP contribution in [-0.2, 0) is 11.3 Å². The second-order valence-electron chi connectivity index (χ2n) is 6.79. The van der Waals surface area contributed by atoms with Crippen LogP contribution in [0.1, 0.15) is 21.7 Å². The predicted octanol–water partition coefficient (Wildman–Crippen LogP) is -1.53. The largest absolute Gasteiger partial charge is 0.388 e. The maximum Gasteiger partial charge on any atom is 0.328 e. The normalized spacial score (nSPS) is 24.7. The molecule has 1 aliphatic heterocycles. The van der Waals surface area contributed by atoms with Crippen molar-refractivity contribution >= 4 is 5.91 Å². The molecule has 3 rings (SSSR count). The third-order valence-electron chi connectivity index (χ3n) is 4.78. The molecule has 1 saturated heterocycles. The Morgan fingerprint density at radius 3 is 2.79 bits per heavy atom. The van der Waals surface area contributed by atoms with Crippen molar-refractivity contribution in [2.24, 2.45) is 0 Å². The van der Waals surface area contributed by atoms with E-state index in [4.69, 9.17) is 4.74 Å². The lowest BCUT2D eigenvalue weighted by Crippen LogP contribution is -2.60. The first-order valence-corrected chi connectivity index (χ1v) is 8.79. The average Bonchev–Trinajstić information content (AvgIpc) is 2.63. The van der Waals surface area contributed by atoms with Crippen LogP contribution in [0.15, 0.2) is 34.0 Å². The summed E-state index contributed by atoms with van der Waals surface area (Å²) in [6.07, 6.45) is -2.04. The molecule has 10 nitrogen and oxygen atoms in total. The monoisotopic (exact) mass is 390 g/mol. The number of pyridine rings is 1. The van der Waals surface area contributed by atoms with Gasteiger partial charge < -0.3 is 20.3 Å². The Labute approximate surface area is 159 Å². The van der Waals surface area contributed by atoms with Gasteiger partial charge in [-0.2, -0.15) is 0 Å². The van der Waals surface area contributed by atoms with Crippen LogP contribution < -0.4 is 16.6 Å². The minimum atomic E-state index is -1.35. The van der Waals surface area contributed by atoms with Gasteiger partial charge in [0.15, 0.2) is 0 Å². The molecule has 1 fully saturated rings. The van der Waals surface area contributed by atoms with Crippen LogP contribution in [0.2, 0.25) is 0 Å². The number of rotatable bonds is 4. The van der Waals surface area contributed by atoms with E-state index >= 15 is 0 Å². The van der Waals surface area contributed by atoms with Crippen LogP contribution in [0, 0.1) is 13.8 Å². The highest BCUT2D eigenvalue weighted by Gasteiger charge is 2.39. The number of amides is 1. The first-order valence-electron chi connectivity index (χ1n) is 8.79. The number of aryl methyl sites for hydroxylation is 2. The molecule has 0 unspecified atom stereocenters.